The number of carbonyl (C=O) groups excluding carboxylic acids is 1. The van der Waals surface area contributed by atoms with E-state index in [2.05, 4.69) is 19.2 Å². The first kappa shape index (κ1) is 19.9. The molecule has 1 N–H and O–H groups in total. The molecule has 0 saturated carbocycles. The lowest BCUT2D eigenvalue weighted by molar-refractivity contribution is -0.116. The number of rotatable bonds is 6. The Morgan fingerprint density at radius 2 is 1.62 bits per heavy atom. The molecule has 26 heavy (non-hydrogen) atoms. The topological polar surface area (TPSA) is 66.5 Å². The molecule has 0 radical (unpaired) electrons. The van der Waals surface area contributed by atoms with Crippen LogP contribution in [0.5, 0.6) is 0 Å². The van der Waals surface area contributed by atoms with Crippen LogP contribution in [0.3, 0.4) is 0 Å². The van der Waals surface area contributed by atoms with Crippen molar-refractivity contribution in [2.24, 2.45) is 0 Å². The standard InChI is InChI=1S/C19H23FN2O3S/c1-13(2)15-9-11-16(12-10-15)21-19(23)14(3)22(26(4,24)25)18-8-6-5-7-17(18)20/h5-14H,1-4H3,(H,21,23)/t14-/m1/s1. The number of carbonyl (C=O) groups is 1. The zero-order chi connectivity index (χ0) is 19.5. The van der Waals surface area contributed by atoms with Crippen LogP contribution in [0.4, 0.5) is 15.8 Å². The van der Waals surface area contributed by atoms with Crippen molar-refractivity contribution in [2.75, 3.05) is 15.9 Å². The van der Waals surface area contributed by atoms with Crippen LogP contribution in [0.2, 0.25) is 0 Å². The lowest BCUT2D eigenvalue weighted by atomic mass is 10.0. The fourth-order valence-corrected chi connectivity index (χ4v) is 3.79. The zero-order valence-electron chi connectivity index (χ0n) is 15.2. The van der Waals surface area contributed by atoms with Gasteiger partial charge in [-0.3, -0.25) is 9.10 Å². The fourth-order valence-electron chi connectivity index (χ4n) is 2.61. The molecule has 0 spiro atoms. The molecule has 0 heterocycles. The van der Waals surface area contributed by atoms with Gasteiger partial charge in [-0.15, -0.1) is 0 Å². The average molecular weight is 378 g/mol. The molecule has 0 aliphatic rings. The van der Waals surface area contributed by atoms with Gasteiger partial charge in [0.05, 0.1) is 11.9 Å². The van der Waals surface area contributed by atoms with Crippen LogP contribution in [-0.2, 0) is 14.8 Å². The number of nitrogens with one attached hydrogen (secondary N) is 1. The molecule has 2 rings (SSSR count). The highest BCUT2D eigenvalue weighted by molar-refractivity contribution is 7.92. The third-order valence-corrected chi connectivity index (χ3v) is 5.25. The van der Waals surface area contributed by atoms with Crippen LogP contribution in [-0.4, -0.2) is 26.6 Å². The summed E-state index contributed by atoms with van der Waals surface area (Å²) in [7, 11) is -3.86. The van der Waals surface area contributed by atoms with E-state index >= 15 is 0 Å². The maximum Gasteiger partial charge on any atom is 0.247 e. The number of para-hydroxylation sites is 1. The maximum absolute atomic E-state index is 14.1. The van der Waals surface area contributed by atoms with Crippen molar-refractivity contribution in [3.8, 4) is 0 Å². The second kappa shape index (κ2) is 7.86. The molecular weight excluding hydrogens is 355 g/mol. The largest absolute Gasteiger partial charge is 0.324 e. The molecule has 0 fully saturated rings. The highest BCUT2D eigenvalue weighted by Gasteiger charge is 2.30. The molecule has 2 aromatic rings. The minimum absolute atomic E-state index is 0.159. The summed E-state index contributed by atoms with van der Waals surface area (Å²) in [6.45, 7) is 5.55. The minimum atomic E-state index is -3.86. The summed E-state index contributed by atoms with van der Waals surface area (Å²) in [4.78, 5) is 12.6. The molecule has 1 atom stereocenters. The first-order chi connectivity index (χ1) is 12.1. The number of anilines is 2. The van der Waals surface area contributed by atoms with Crippen LogP contribution >= 0.6 is 0 Å². The monoisotopic (exact) mass is 378 g/mol. The number of nitrogens with zero attached hydrogens (tertiary/aromatic N) is 1. The van der Waals surface area contributed by atoms with E-state index in [9.17, 15) is 17.6 Å². The van der Waals surface area contributed by atoms with Crippen molar-refractivity contribution in [1.82, 2.24) is 0 Å². The number of hydrogen-bond acceptors (Lipinski definition) is 3. The Morgan fingerprint density at radius 1 is 1.04 bits per heavy atom. The van der Waals surface area contributed by atoms with Gasteiger partial charge in [0.25, 0.3) is 0 Å². The van der Waals surface area contributed by atoms with Crippen molar-refractivity contribution in [1.29, 1.82) is 0 Å². The van der Waals surface area contributed by atoms with Crippen molar-refractivity contribution in [2.45, 2.75) is 32.7 Å². The Kier molecular flexibility index (Phi) is 6.02. The first-order valence-electron chi connectivity index (χ1n) is 8.26. The van der Waals surface area contributed by atoms with Crippen LogP contribution < -0.4 is 9.62 Å². The molecule has 140 valence electrons. The summed E-state index contributed by atoms with van der Waals surface area (Å²) in [5, 5.41) is 2.68. The van der Waals surface area contributed by atoms with E-state index in [0.717, 1.165) is 22.2 Å². The number of sulfonamides is 1. The average Bonchev–Trinajstić information content (AvgIpc) is 2.56. The molecule has 0 saturated heterocycles. The van der Waals surface area contributed by atoms with Crippen LogP contribution in [0.25, 0.3) is 0 Å². The molecule has 0 bridgehead atoms. The van der Waals surface area contributed by atoms with Gasteiger partial charge >= 0.3 is 0 Å². The Labute approximate surface area is 153 Å². The maximum atomic E-state index is 14.1. The first-order valence-corrected chi connectivity index (χ1v) is 10.1. The minimum Gasteiger partial charge on any atom is -0.324 e. The van der Waals surface area contributed by atoms with Crippen molar-refractivity contribution >= 4 is 27.3 Å². The number of amides is 1. The van der Waals surface area contributed by atoms with Gasteiger partial charge in [0, 0.05) is 5.69 Å². The lowest BCUT2D eigenvalue weighted by Crippen LogP contribution is -2.45. The SMILES string of the molecule is CC(C)c1ccc(NC(=O)[C@@H](C)N(c2ccccc2F)S(C)(=O)=O)cc1. The third kappa shape index (κ3) is 4.60. The molecule has 0 unspecified atom stereocenters. The highest BCUT2D eigenvalue weighted by atomic mass is 32.2. The summed E-state index contributed by atoms with van der Waals surface area (Å²) < 4.78 is 39.3. The number of hydrogen-bond donors (Lipinski definition) is 1. The molecule has 0 aromatic heterocycles. The molecule has 0 aliphatic carbocycles. The van der Waals surface area contributed by atoms with Gasteiger partial charge < -0.3 is 5.32 Å². The van der Waals surface area contributed by atoms with Gasteiger partial charge in [0.2, 0.25) is 15.9 Å². The summed E-state index contributed by atoms with van der Waals surface area (Å²) >= 11 is 0. The summed E-state index contributed by atoms with van der Waals surface area (Å²) in [6.07, 6.45) is 0.945. The van der Waals surface area contributed by atoms with Gasteiger partial charge in [0.15, 0.2) is 0 Å². The Morgan fingerprint density at radius 3 is 2.12 bits per heavy atom. The van der Waals surface area contributed by atoms with Crippen molar-refractivity contribution in [3.63, 3.8) is 0 Å². The predicted molar refractivity (Wildman–Crippen MR) is 102 cm³/mol. The molecule has 7 heteroatoms. The fraction of sp³-hybridized carbons (Fsp3) is 0.316. The highest BCUT2D eigenvalue weighted by Crippen LogP contribution is 2.25. The van der Waals surface area contributed by atoms with E-state index in [4.69, 9.17) is 0 Å². The van der Waals surface area contributed by atoms with E-state index in [1.807, 2.05) is 12.1 Å². The Hall–Kier alpha value is -2.41. The second-order valence-electron chi connectivity index (χ2n) is 6.45. The van der Waals surface area contributed by atoms with E-state index < -0.39 is 27.8 Å². The summed E-state index contributed by atoms with van der Waals surface area (Å²) in [5.41, 5.74) is 1.52. The Bertz CT molecular complexity index is 880. The third-order valence-electron chi connectivity index (χ3n) is 4.02. The van der Waals surface area contributed by atoms with E-state index in [1.54, 1.807) is 12.1 Å². The quantitative estimate of drug-likeness (QED) is 0.833. The smallest absolute Gasteiger partial charge is 0.247 e. The second-order valence-corrected chi connectivity index (χ2v) is 8.31. The molecular formula is C19H23FN2O3S. The van der Waals surface area contributed by atoms with Crippen molar-refractivity contribution < 1.29 is 17.6 Å². The van der Waals surface area contributed by atoms with Crippen molar-refractivity contribution in [3.05, 3.63) is 59.9 Å². The van der Waals surface area contributed by atoms with Gasteiger partial charge in [-0.25, -0.2) is 12.8 Å². The summed E-state index contributed by atoms with van der Waals surface area (Å²) in [6, 6.07) is 11.7. The van der Waals surface area contributed by atoms with Crippen LogP contribution in [0, 0.1) is 5.82 Å². The normalized spacial score (nSPS) is 12.7. The van der Waals surface area contributed by atoms with Crippen LogP contribution in [0.1, 0.15) is 32.3 Å². The lowest BCUT2D eigenvalue weighted by Gasteiger charge is -2.28. The number of benzene rings is 2. The molecule has 0 aliphatic heterocycles. The molecule has 2 aromatic carbocycles. The van der Waals surface area contributed by atoms with Gasteiger partial charge in [-0.05, 0) is 42.7 Å². The van der Waals surface area contributed by atoms with E-state index in [-0.39, 0.29) is 5.69 Å². The molecule has 5 nitrogen and oxygen atoms in total. The molecule has 1 amide bonds. The Balaban J connectivity index is 2.27. The van der Waals surface area contributed by atoms with Gasteiger partial charge in [-0.1, -0.05) is 38.1 Å². The van der Waals surface area contributed by atoms with Crippen LogP contribution in [0.15, 0.2) is 48.5 Å². The van der Waals surface area contributed by atoms with Gasteiger partial charge in [0.1, 0.15) is 11.9 Å². The zero-order valence-corrected chi connectivity index (χ0v) is 16.0. The van der Waals surface area contributed by atoms with Gasteiger partial charge in [-0.2, -0.15) is 0 Å². The number of halogens is 1. The van der Waals surface area contributed by atoms with E-state index in [0.29, 0.717) is 11.6 Å². The summed E-state index contributed by atoms with van der Waals surface area (Å²) in [5.74, 6) is -0.893. The predicted octanol–water partition coefficient (Wildman–Crippen LogP) is 3.74. The van der Waals surface area contributed by atoms with E-state index in [1.165, 1.54) is 25.1 Å².